The SMILES string of the molecule is C/C=C\C(=C/C)C[C@@H](N)C=O. The van der Waals surface area contributed by atoms with E-state index >= 15 is 0 Å². The van der Waals surface area contributed by atoms with Crippen molar-refractivity contribution in [2.45, 2.75) is 26.3 Å². The highest BCUT2D eigenvalue weighted by Crippen LogP contribution is 2.04. The monoisotopic (exact) mass is 153 g/mol. The van der Waals surface area contributed by atoms with Crippen LogP contribution in [0.2, 0.25) is 0 Å². The normalized spacial score (nSPS) is 15.4. The van der Waals surface area contributed by atoms with Crippen molar-refractivity contribution in [3.63, 3.8) is 0 Å². The lowest BCUT2D eigenvalue weighted by Gasteiger charge is -2.03. The van der Waals surface area contributed by atoms with Gasteiger partial charge < -0.3 is 10.5 Å². The summed E-state index contributed by atoms with van der Waals surface area (Å²) in [5.41, 5.74) is 6.54. The van der Waals surface area contributed by atoms with Crippen LogP contribution in [0.1, 0.15) is 20.3 Å². The average molecular weight is 153 g/mol. The van der Waals surface area contributed by atoms with E-state index in [1.165, 1.54) is 0 Å². The van der Waals surface area contributed by atoms with Crippen LogP contribution in [0.25, 0.3) is 0 Å². The average Bonchev–Trinajstić information content (AvgIpc) is 2.03. The van der Waals surface area contributed by atoms with Crippen LogP contribution in [0.5, 0.6) is 0 Å². The first kappa shape index (κ1) is 10.1. The van der Waals surface area contributed by atoms with Crippen LogP contribution in [0, 0.1) is 0 Å². The van der Waals surface area contributed by atoms with Gasteiger partial charge in [-0.2, -0.15) is 0 Å². The zero-order chi connectivity index (χ0) is 8.69. The standard InChI is InChI=1S/C9H15NO/c1-3-5-8(4-2)6-9(10)7-11/h3-5,7,9H,6,10H2,1-2H3/b5-3-,8-4+/t9-/m1/s1. The van der Waals surface area contributed by atoms with Crippen LogP contribution in [0.3, 0.4) is 0 Å². The number of aldehydes is 1. The molecule has 0 amide bonds. The number of hydrogen-bond donors (Lipinski definition) is 1. The number of rotatable bonds is 4. The largest absolute Gasteiger partial charge is 0.321 e. The fourth-order valence-corrected chi connectivity index (χ4v) is 0.816. The third kappa shape index (κ3) is 4.51. The minimum absolute atomic E-state index is 0.364. The zero-order valence-electron chi connectivity index (χ0n) is 7.08. The highest BCUT2D eigenvalue weighted by Gasteiger charge is 2.00. The third-order valence-electron chi connectivity index (χ3n) is 1.40. The van der Waals surface area contributed by atoms with Crippen LogP contribution in [0.4, 0.5) is 0 Å². The lowest BCUT2D eigenvalue weighted by Crippen LogP contribution is -2.21. The summed E-state index contributed by atoms with van der Waals surface area (Å²) in [5.74, 6) is 0. The molecule has 0 aliphatic heterocycles. The summed E-state index contributed by atoms with van der Waals surface area (Å²) in [5, 5.41) is 0. The van der Waals surface area contributed by atoms with E-state index in [9.17, 15) is 4.79 Å². The van der Waals surface area contributed by atoms with Gasteiger partial charge in [0.1, 0.15) is 6.29 Å². The van der Waals surface area contributed by atoms with Crippen molar-refractivity contribution in [1.29, 1.82) is 0 Å². The lowest BCUT2D eigenvalue weighted by molar-refractivity contribution is -0.108. The summed E-state index contributed by atoms with van der Waals surface area (Å²) < 4.78 is 0. The summed E-state index contributed by atoms with van der Waals surface area (Å²) in [4.78, 5) is 10.2. The second kappa shape index (κ2) is 5.86. The Kier molecular flexibility index (Phi) is 5.39. The van der Waals surface area contributed by atoms with E-state index < -0.39 is 0 Å². The van der Waals surface area contributed by atoms with Crippen LogP contribution in [-0.4, -0.2) is 12.3 Å². The van der Waals surface area contributed by atoms with Crippen molar-refractivity contribution in [3.8, 4) is 0 Å². The van der Waals surface area contributed by atoms with Crippen molar-refractivity contribution in [2.75, 3.05) is 0 Å². The third-order valence-corrected chi connectivity index (χ3v) is 1.40. The number of hydrogen-bond acceptors (Lipinski definition) is 2. The Labute approximate surface area is 67.8 Å². The fourth-order valence-electron chi connectivity index (χ4n) is 0.816. The van der Waals surface area contributed by atoms with E-state index in [2.05, 4.69) is 0 Å². The molecule has 0 rings (SSSR count). The van der Waals surface area contributed by atoms with Gasteiger partial charge in [-0.25, -0.2) is 0 Å². The molecule has 0 saturated carbocycles. The van der Waals surface area contributed by atoms with Gasteiger partial charge in [-0.1, -0.05) is 23.8 Å². The molecule has 2 nitrogen and oxygen atoms in total. The van der Waals surface area contributed by atoms with Crippen molar-refractivity contribution < 1.29 is 4.79 Å². The Morgan fingerprint density at radius 2 is 2.18 bits per heavy atom. The molecule has 0 heterocycles. The van der Waals surface area contributed by atoms with Crippen molar-refractivity contribution >= 4 is 6.29 Å². The first-order valence-corrected chi connectivity index (χ1v) is 3.73. The Bertz CT molecular complexity index is 170. The Morgan fingerprint density at radius 3 is 2.55 bits per heavy atom. The molecule has 0 aromatic carbocycles. The Morgan fingerprint density at radius 1 is 1.55 bits per heavy atom. The van der Waals surface area contributed by atoms with E-state index in [1.807, 2.05) is 32.1 Å². The summed E-state index contributed by atoms with van der Waals surface area (Å²) in [7, 11) is 0. The van der Waals surface area contributed by atoms with Gasteiger partial charge in [-0.05, 0) is 20.3 Å². The molecule has 62 valence electrons. The summed E-state index contributed by atoms with van der Waals surface area (Å²) in [6.07, 6.45) is 7.26. The van der Waals surface area contributed by atoms with E-state index in [0.29, 0.717) is 6.42 Å². The molecule has 0 radical (unpaired) electrons. The van der Waals surface area contributed by atoms with E-state index in [0.717, 1.165) is 11.9 Å². The first-order chi connectivity index (χ1) is 5.24. The van der Waals surface area contributed by atoms with Gasteiger partial charge in [0.15, 0.2) is 0 Å². The van der Waals surface area contributed by atoms with Crippen LogP contribution in [0.15, 0.2) is 23.8 Å². The van der Waals surface area contributed by atoms with Gasteiger partial charge in [0.25, 0.3) is 0 Å². The number of carbonyl (C=O) groups excluding carboxylic acids is 1. The molecule has 11 heavy (non-hydrogen) atoms. The number of nitrogens with two attached hydrogens (primary N) is 1. The maximum Gasteiger partial charge on any atom is 0.137 e. The molecule has 0 unspecified atom stereocenters. The predicted octanol–water partition coefficient (Wildman–Crippen LogP) is 1.43. The van der Waals surface area contributed by atoms with Gasteiger partial charge >= 0.3 is 0 Å². The van der Waals surface area contributed by atoms with Crippen LogP contribution >= 0.6 is 0 Å². The fraction of sp³-hybridized carbons (Fsp3) is 0.444. The van der Waals surface area contributed by atoms with Crippen molar-refractivity contribution in [1.82, 2.24) is 0 Å². The molecule has 2 heteroatoms. The summed E-state index contributed by atoms with van der Waals surface area (Å²) in [6, 6.07) is -0.364. The predicted molar refractivity (Wildman–Crippen MR) is 47.2 cm³/mol. The van der Waals surface area contributed by atoms with E-state index in [4.69, 9.17) is 5.73 Å². The highest BCUT2D eigenvalue weighted by atomic mass is 16.1. The molecule has 0 aliphatic carbocycles. The topological polar surface area (TPSA) is 43.1 Å². The molecular formula is C9H15NO. The smallest absolute Gasteiger partial charge is 0.137 e. The van der Waals surface area contributed by atoms with Gasteiger partial charge in [-0.3, -0.25) is 0 Å². The lowest BCUT2D eigenvalue weighted by atomic mass is 10.1. The van der Waals surface area contributed by atoms with Crippen LogP contribution in [-0.2, 0) is 4.79 Å². The molecule has 0 aromatic rings. The van der Waals surface area contributed by atoms with Crippen LogP contribution < -0.4 is 5.73 Å². The number of allylic oxidation sites excluding steroid dienone is 3. The molecule has 0 bridgehead atoms. The minimum Gasteiger partial charge on any atom is -0.321 e. The van der Waals surface area contributed by atoms with Crippen molar-refractivity contribution in [2.24, 2.45) is 5.73 Å². The second-order valence-electron chi connectivity index (χ2n) is 2.37. The van der Waals surface area contributed by atoms with Crippen molar-refractivity contribution in [3.05, 3.63) is 23.8 Å². The maximum absolute atomic E-state index is 10.2. The second-order valence-corrected chi connectivity index (χ2v) is 2.37. The molecule has 0 saturated heterocycles. The zero-order valence-corrected chi connectivity index (χ0v) is 7.08. The van der Waals surface area contributed by atoms with Gasteiger partial charge in [0.05, 0.1) is 6.04 Å². The molecule has 0 aromatic heterocycles. The van der Waals surface area contributed by atoms with E-state index in [-0.39, 0.29) is 6.04 Å². The maximum atomic E-state index is 10.2. The Hall–Kier alpha value is -0.890. The first-order valence-electron chi connectivity index (χ1n) is 3.73. The van der Waals surface area contributed by atoms with E-state index in [1.54, 1.807) is 0 Å². The molecule has 0 fully saturated rings. The summed E-state index contributed by atoms with van der Waals surface area (Å²) in [6.45, 7) is 3.88. The molecular weight excluding hydrogens is 138 g/mol. The molecule has 0 spiro atoms. The minimum atomic E-state index is -0.364. The van der Waals surface area contributed by atoms with Gasteiger partial charge in [0, 0.05) is 0 Å². The molecule has 1 atom stereocenters. The van der Waals surface area contributed by atoms with Gasteiger partial charge in [0.2, 0.25) is 0 Å². The van der Waals surface area contributed by atoms with Gasteiger partial charge in [-0.15, -0.1) is 0 Å². The Balaban J connectivity index is 3.99. The quantitative estimate of drug-likeness (QED) is 0.490. The number of carbonyl (C=O) groups is 1. The highest BCUT2D eigenvalue weighted by molar-refractivity contribution is 5.58. The molecule has 2 N–H and O–H groups in total. The molecule has 0 aliphatic rings. The summed E-state index contributed by atoms with van der Waals surface area (Å²) >= 11 is 0.